The van der Waals surface area contributed by atoms with Gasteiger partial charge in [-0.05, 0) is 11.2 Å². The molecule has 0 saturated carbocycles. The van der Waals surface area contributed by atoms with Crippen LogP contribution in [0.1, 0.15) is 5.69 Å². The normalized spacial score (nSPS) is 10.1. The van der Waals surface area contributed by atoms with Crippen LogP contribution in [0.4, 0.5) is 17.2 Å². The Morgan fingerprint density at radius 2 is 2.26 bits per heavy atom. The van der Waals surface area contributed by atoms with E-state index in [4.69, 9.17) is 5.73 Å². The van der Waals surface area contributed by atoms with Crippen LogP contribution in [-0.4, -0.2) is 21.1 Å². The van der Waals surface area contributed by atoms with Crippen LogP contribution in [0.2, 0.25) is 0 Å². The summed E-state index contributed by atoms with van der Waals surface area (Å²) in [5.41, 5.74) is 5.82. The topological polar surface area (TPSA) is 137 Å². The average Bonchev–Trinajstić information content (AvgIpc) is 2.75. The lowest BCUT2D eigenvalue weighted by atomic mass is 10.2. The van der Waals surface area contributed by atoms with Crippen molar-refractivity contribution < 1.29 is 14.3 Å². The van der Waals surface area contributed by atoms with Gasteiger partial charge in [0, 0.05) is 17.8 Å². The predicted molar refractivity (Wildman–Crippen MR) is 64.1 cm³/mol. The Kier molecular flexibility index (Phi) is 3.37. The van der Waals surface area contributed by atoms with Crippen LogP contribution in [0, 0.1) is 10.1 Å². The van der Waals surface area contributed by atoms with E-state index >= 15 is 0 Å². The number of nitrogens with two attached hydrogens (primary N) is 1. The Morgan fingerprint density at radius 3 is 2.89 bits per heavy atom. The number of anilines is 2. The molecule has 19 heavy (non-hydrogen) atoms. The number of carbonyl (C=O) groups excluding carboxylic acids is 1. The van der Waals surface area contributed by atoms with E-state index in [1.807, 2.05) is 0 Å². The average molecular weight is 263 g/mol. The largest absolute Gasteiger partial charge is 0.379 e. The highest BCUT2D eigenvalue weighted by atomic mass is 16.6. The van der Waals surface area contributed by atoms with Crippen molar-refractivity contribution in [1.82, 2.24) is 10.3 Å². The number of nitrogens with one attached hydrogen (secondary N) is 1. The zero-order valence-electron chi connectivity index (χ0n) is 9.57. The summed E-state index contributed by atoms with van der Waals surface area (Å²) >= 11 is 0. The molecule has 2 aromatic rings. The highest BCUT2D eigenvalue weighted by Gasteiger charge is 2.13. The van der Waals surface area contributed by atoms with Gasteiger partial charge in [0.15, 0.2) is 5.82 Å². The third-order valence-corrected chi connectivity index (χ3v) is 2.25. The van der Waals surface area contributed by atoms with Crippen LogP contribution in [0.3, 0.4) is 0 Å². The SMILES string of the molecule is Nc1nonc1CC(=O)Nc1cccc([N+](=O)[O-])c1. The Bertz CT molecular complexity index is 624. The molecule has 2 rings (SSSR count). The fourth-order valence-electron chi connectivity index (χ4n) is 1.39. The molecular weight excluding hydrogens is 254 g/mol. The molecule has 0 aliphatic heterocycles. The number of nitrogens with zero attached hydrogens (tertiary/aromatic N) is 3. The summed E-state index contributed by atoms with van der Waals surface area (Å²) in [5.74, 6) is -0.392. The maximum atomic E-state index is 11.7. The van der Waals surface area contributed by atoms with Gasteiger partial charge in [-0.1, -0.05) is 11.2 Å². The summed E-state index contributed by atoms with van der Waals surface area (Å²) in [7, 11) is 0. The minimum atomic E-state index is -0.546. The van der Waals surface area contributed by atoms with Crippen LogP contribution in [0.5, 0.6) is 0 Å². The van der Waals surface area contributed by atoms with Gasteiger partial charge in [0.05, 0.1) is 11.3 Å². The summed E-state index contributed by atoms with van der Waals surface area (Å²) < 4.78 is 4.35. The predicted octanol–water partition coefficient (Wildman–Crippen LogP) is 0.741. The molecule has 0 aliphatic rings. The smallest absolute Gasteiger partial charge is 0.271 e. The first kappa shape index (κ1) is 12.5. The minimum Gasteiger partial charge on any atom is -0.379 e. The molecule has 0 bridgehead atoms. The van der Waals surface area contributed by atoms with Gasteiger partial charge >= 0.3 is 0 Å². The highest BCUT2D eigenvalue weighted by Crippen LogP contribution is 2.17. The molecule has 1 aromatic carbocycles. The molecule has 0 spiro atoms. The van der Waals surface area contributed by atoms with E-state index in [2.05, 4.69) is 20.3 Å². The van der Waals surface area contributed by atoms with E-state index in [9.17, 15) is 14.9 Å². The van der Waals surface area contributed by atoms with Gasteiger partial charge in [-0.25, -0.2) is 4.63 Å². The molecule has 98 valence electrons. The standard InChI is InChI=1S/C10H9N5O4/c11-10-8(13-19-14-10)5-9(16)12-6-2-1-3-7(4-6)15(17)18/h1-4H,5H2,(H2,11,14)(H,12,16). The maximum absolute atomic E-state index is 11.7. The van der Waals surface area contributed by atoms with Crippen LogP contribution >= 0.6 is 0 Å². The molecular formula is C10H9N5O4. The monoisotopic (exact) mass is 263 g/mol. The number of hydrogen-bond acceptors (Lipinski definition) is 7. The van der Waals surface area contributed by atoms with Crippen LogP contribution in [0.25, 0.3) is 0 Å². The van der Waals surface area contributed by atoms with Crippen molar-refractivity contribution in [1.29, 1.82) is 0 Å². The number of non-ortho nitro benzene ring substituents is 1. The molecule has 1 aromatic heterocycles. The second-order valence-corrected chi connectivity index (χ2v) is 3.63. The van der Waals surface area contributed by atoms with Gasteiger partial charge in [0.25, 0.3) is 5.69 Å². The second-order valence-electron chi connectivity index (χ2n) is 3.63. The Balaban J connectivity index is 2.05. The van der Waals surface area contributed by atoms with Gasteiger partial charge < -0.3 is 11.1 Å². The molecule has 0 saturated heterocycles. The lowest BCUT2D eigenvalue weighted by Gasteiger charge is -2.03. The van der Waals surface area contributed by atoms with E-state index in [0.717, 1.165) is 0 Å². The van der Waals surface area contributed by atoms with Gasteiger partial charge in [-0.3, -0.25) is 14.9 Å². The Labute approximate surface area is 106 Å². The number of carbonyl (C=O) groups is 1. The summed E-state index contributed by atoms with van der Waals surface area (Å²) in [5, 5.41) is 19.9. The highest BCUT2D eigenvalue weighted by molar-refractivity contribution is 5.92. The Hall–Kier alpha value is -2.97. The summed E-state index contributed by atoms with van der Waals surface area (Å²) in [6.07, 6.45) is -0.127. The first-order chi connectivity index (χ1) is 9.06. The number of nitro groups is 1. The summed E-state index contributed by atoms with van der Waals surface area (Å²) in [4.78, 5) is 21.7. The van der Waals surface area contributed by atoms with Crippen LogP contribution in [-0.2, 0) is 11.2 Å². The maximum Gasteiger partial charge on any atom is 0.271 e. The number of benzene rings is 1. The van der Waals surface area contributed by atoms with E-state index < -0.39 is 10.8 Å². The number of hydrogen-bond donors (Lipinski definition) is 2. The molecule has 0 radical (unpaired) electrons. The molecule has 9 nitrogen and oxygen atoms in total. The molecule has 0 fully saturated rings. The fourth-order valence-corrected chi connectivity index (χ4v) is 1.39. The summed E-state index contributed by atoms with van der Waals surface area (Å²) in [6, 6.07) is 5.59. The van der Waals surface area contributed by atoms with Crippen molar-refractivity contribution >= 4 is 23.1 Å². The van der Waals surface area contributed by atoms with Gasteiger partial charge in [0.1, 0.15) is 5.69 Å². The van der Waals surface area contributed by atoms with Crippen LogP contribution in [0.15, 0.2) is 28.9 Å². The van der Waals surface area contributed by atoms with Crippen molar-refractivity contribution in [2.24, 2.45) is 0 Å². The Morgan fingerprint density at radius 1 is 1.47 bits per heavy atom. The number of aromatic nitrogens is 2. The van der Waals surface area contributed by atoms with E-state index in [1.165, 1.54) is 24.3 Å². The molecule has 9 heteroatoms. The number of nitrogen functional groups attached to an aromatic ring is 1. The first-order valence-electron chi connectivity index (χ1n) is 5.17. The number of amides is 1. The van der Waals surface area contributed by atoms with E-state index in [1.54, 1.807) is 0 Å². The summed E-state index contributed by atoms with van der Waals surface area (Å²) in [6.45, 7) is 0. The van der Waals surface area contributed by atoms with Crippen molar-refractivity contribution in [3.05, 3.63) is 40.1 Å². The van der Waals surface area contributed by atoms with Crippen LogP contribution < -0.4 is 11.1 Å². The van der Waals surface area contributed by atoms with Gasteiger partial charge in [-0.15, -0.1) is 0 Å². The zero-order chi connectivity index (χ0) is 13.8. The lowest BCUT2D eigenvalue weighted by Crippen LogP contribution is -2.15. The lowest BCUT2D eigenvalue weighted by molar-refractivity contribution is -0.384. The van der Waals surface area contributed by atoms with Gasteiger partial charge in [-0.2, -0.15) is 0 Å². The third kappa shape index (κ3) is 3.03. The van der Waals surface area contributed by atoms with Gasteiger partial charge in [0.2, 0.25) is 5.91 Å². The zero-order valence-corrected chi connectivity index (χ0v) is 9.57. The molecule has 3 N–H and O–H groups in total. The van der Waals surface area contributed by atoms with Crippen molar-refractivity contribution in [3.8, 4) is 0 Å². The minimum absolute atomic E-state index is 0.0363. The van der Waals surface area contributed by atoms with Crippen molar-refractivity contribution in [2.75, 3.05) is 11.1 Å². The number of rotatable bonds is 4. The second kappa shape index (κ2) is 5.12. The molecule has 0 atom stereocenters. The van der Waals surface area contributed by atoms with Crippen molar-refractivity contribution in [2.45, 2.75) is 6.42 Å². The quantitative estimate of drug-likeness (QED) is 0.612. The number of nitro benzene ring substituents is 1. The first-order valence-corrected chi connectivity index (χ1v) is 5.17. The third-order valence-electron chi connectivity index (χ3n) is 2.25. The van der Waals surface area contributed by atoms with E-state index in [-0.39, 0.29) is 23.6 Å². The van der Waals surface area contributed by atoms with Crippen molar-refractivity contribution in [3.63, 3.8) is 0 Å². The molecule has 1 heterocycles. The molecule has 0 unspecified atom stereocenters. The fraction of sp³-hybridized carbons (Fsp3) is 0.100. The molecule has 1 amide bonds. The molecule has 0 aliphatic carbocycles. The van der Waals surface area contributed by atoms with E-state index in [0.29, 0.717) is 5.69 Å².